The van der Waals surface area contributed by atoms with Crippen LogP contribution in [-0.2, 0) is 0 Å². The lowest BCUT2D eigenvalue weighted by atomic mass is 9.99. The largest absolute Gasteiger partial charge is 0.493 e. The standard InChI is InChI=1S/C12H17NO3/c1-7-5-6-9(15-3)12(16-4)10(7)11(14)8(2)13/h5-6,8H,13H2,1-4H3. The molecule has 0 aliphatic heterocycles. The third-order valence-electron chi connectivity index (χ3n) is 2.41. The molecule has 1 unspecified atom stereocenters. The van der Waals surface area contributed by atoms with E-state index in [1.165, 1.54) is 14.2 Å². The maximum atomic E-state index is 12.0. The normalized spacial score (nSPS) is 12.1. The van der Waals surface area contributed by atoms with E-state index in [0.29, 0.717) is 17.1 Å². The Morgan fingerprint density at radius 3 is 2.38 bits per heavy atom. The molecule has 0 aliphatic rings. The predicted molar refractivity (Wildman–Crippen MR) is 62.3 cm³/mol. The van der Waals surface area contributed by atoms with Crippen molar-refractivity contribution in [3.05, 3.63) is 23.3 Å². The number of aryl methyl sites for hydroxylation is 1. The second kappa shape index (κ2) is 4.99. The summed E-state index contributed by atoms with van der Waals surface area (Å²) in [5.41, 5.74) is 6.94. The van der Waals surface area contributed by atoms with Gasteiger partial charge in [0.25, 0.3) is 0 Å². The molecule has 2 N–H and O–H groups in total. The van der Waals surface area contributed by atoms with Gasteiger partial charge in [0, 0.05) is 0 Å². The molecule has 4 nitrogen and oxygen atoms in total. The molecule has 0 saturated heterocycles. The molecular formula is C12H17NO3. The van der Waals surface area contributed by atoms with Crippen molar-refractivity contribution in [2.45, 2.75) is 19.9 Å². The summed E-state index contributed by atoms with van der Waals surface area (Å²) in [5.74, 6) is 0.843. The molecule has 0 spiro atoms. The van der Waals surface area contributed by atoms with Gasteiger partial charge in [-0.05, 0) is 25.5 Å². The smallest absolute Gasteiger partial charge is 0.183 e. The minimum absolute atomic E-state index is 0.145. The third kappa shape index (κ3) is 2.17. The van der Waals surface area contributed by atoms with Crippen LogP contribution in [0, 0.1) is 6.92 Å². The maximum absolute atomic E-state index is 12.0. The molecule has 16 heavy (non-hydrogen) atoms. The fraction of sp³-hybridized carbons (Fsp3) is 0.417. The van der Waals surface area contributed by atoms with Crippen molar-refractivity contribution < 1.29 is 14.3 Å². The molecule has 1 aromatic carbocycles. The average molecular weight is 223 g/mol. The van der Waals surface area contributed by atoms with Crippen molar-refractivity contribution in [3.8, 4) is 11.5 Å². The van der Waals surface area contributed by atoms with Crippen molar-refractivity contribution in [2.24, 2.45) is 5.73 Å². The highest BCUT2D eigenvalue weighted by molar-refractivity contribution is 6.04. The van der Waals surface area contributed by atoms with E-state index in [1.807, 2.05) is 13.0 Å². The molecule has 0 fully saturated rings. The van der Waals surface area contributed by atoms with Crippen LogP contribution in [-0.4, -0.2) is 26.0 Å². The zero-order valence-electron chi connectivity index (χ0n) is 10.0. The number of hydrogen-bond donors (Lipinski definition) is 1. The number of ether oxygens (including phenoxy) is 2. The Labute approximate surface area is 95.3 Å². The predicted octanol–water partition coefficient (Wildman–Crippen LogP) is 1.54. The summed E-state index contributed by atoms with van der Waals surface area (Å²) in [6, 6.07) is 3.03. The van der Waals surface area contributed by atoms with Crippen LogP contribution < -0.4 is 15.2 Å². The minimum atomic E-state index is -0.556. The van der Waals surface area contributed by atoms with E-state index < -0.39 is 6.04 Å². The van der Waals surface area contributed by atoms with Gasteiger partial charge in [-0.3, -0.25) is 4.79 Å². The molecule has 0 radical (unpaired) electrons. The van der Waals surface area contributed by atoms with Crippen LogP contribution in [0.2, 0.25) is 0 Å². The van der Waals surface area contributed by atoms with E-state index in [-0.39, 0.29) is 5.78 Å². The van der Waals surface area contributed by atoms with Gasteiger partial charge in [0.1, 0.15) is 0 Å². The summed E-state index contributed by atoms with van der Waals surface area (Å²) >= 11 is 0. The first-order valence-electron chi connectivity index (χ1n) is 5.04. The van der Waals surface area contributed by atoms with Crippen molar-refractivity contribution in [1.29, 1.82) is 0 Å². The summed E-state index contributed by atoms with van der Waals surface area (Å²) in [6.07, 6.45) is 0. The molecule has 1 rings (SSSR count). The van der Waals surface area contributed by atoms with E-state index >= 15 is 0 Å². The average Bonchev–Trinajstić information content (AvgIpc) is 2.27. The molecule has 0 saturated carbocycles. The Morgan fingerprint density at radius 2 is 1.94 bits per heavy atom. The summed E-state index contributed by atoms with van der Waals surface area (Å²) in [7, 11) is 3.04. The number of Topliss-reactive ketones (excluding diaryl/α,β-unsaturated/α-hetero) is 1. The third-order valence-corrected chi connectivity index (χ3v) is 2.41. The van der Waals surface area contributed by atoms with Crippen LogP contribution in [0.4, 0.5) is 0 Å². The fourth-order valence-electron chi connectivity index (χ4n) is 1.56. The zero-order chi connectivity index (χ0) is 12.3. The molecule has 1 aromatic rings. The molecule has 0 bridgehead atoms. The zero-order valence-corrected chi connectivity index (χ0v) is 10.0. The monoisotopic (exact) mass is 223 g/mol. The number of benzene rings is 1. The number of carbonyl (C=O) groups is 1. The topological polar surface area (TPSA) is 61.5 Å². The van der Waals surface area contributed by atoms with Crippen LogP contribution in [0.5, 0.6) is 11.5 Å². The van der Waals surface area contributed by atoms with Crippen LogP contribution in [0.15, 0.2) is 12.1 Å². The SMILES string of the molecule is COc1ccc(C)c(C(=O)C(C)N)c1OC. The van der Waals surface area contributed by atoms with Crippen molar-refractivity contribution in [1.82, 2.24) is 0 Å². The number of nitrogens with two attached hydrogens (primary N) is 1. The Morgan fingerprint density at radius 1 is 1.31 bits per heavy atom. The lowest BCUT2D eigenvalue weighted by molar-refractivity contribution is 0.0963. The summed E-state index contributed by atoms with van der Waals surface area (Å²) < 4.78 is 10.4. The van der Waals surface area contributed by atoms with Crippen molar-refractivity contribution in [3.63, 3.8) is 0 Å². The molecule has 0 amide bonds. The molecule has 88 valence electrons. The highest BCUT2D eigenvalue weighted by Crippen LogP contribution is 2.33. The lowest BCUT2D eigenvalue weighted by Crippen LogP contribution is -2.27. The number of rotatable bonds is 4. The van der Waals surface area contributed by atoms with E-state index in [0.717, 1.165) is 5.56 Å². The first kappa shape index (κ1) is 12.5. The number of ketones is 1. The van der Waals surface area contributed by atoms with Gasteiger partial charge in [-0.15, -0.1) is 0 Å². The molecule has 4 heteroatoms. The second-order valence-corrected chi connectivity index (χ2v) is 3.65. The van der Waals surface area contributed by atoms with E-state index in [4.69, 9.17) is 15.2 Å². The van der Waals surface area contributed by atoms with Gasteiger partial charge >= 0.3 is 0 Å². The fourth-order valence-corrected chi connectivity index (χ4v) is 1.56. The lowest BCUT2D eigenvalue weighted by Gasteiger charge is -2.15. The van der Waals surface area contributed by atoms with Gasteiger partial charge in [0.15, 0.2) is 17.3 Å². The number of carbonyl (C=O) groups excluding carboxylic acids is 1. The second-order valence-electron chi connectivity index (χ2n) is 3.65. The first-order valence-corrected chi connectivity index (χ1v) is 5.04. The van der Waals surface area contributed by atoms with E-state index in [9.17, 15) is 4.79 Å². The van der Waals surface area contributed by atoms with Gasteiger partial charge in [-0.25, -0.2) is 0 Å². The Bertz CT molecular complexity index is 399. The van der Waals surface area contributed by atoms with Crippen LogP contribution in [0.1, 0.15) is 22.8 Å². The molecule has 0 heterocycles. The van der Waals surface area contributed by atoms with Gasteiger partial charge < -0.3 is 15.2 Å². The molecule has 1 atom stereocenters. The minimum Gasteiger partial charge on any atom is -0.493 e. The molecule has 0 aromatic heterocycles. The summed E-state index contributed by atoms with van der Waals surface area (Å²) in [4.78, 5) is 12.0. The van der Waals surface area contributed by atoms with Crippen molar-refractivity contribution >= 4 is 5.78 Å². The highest BCUT2D eigenvalue weighted by Gasteiger charge is 2.21. The van der Waals surface area contributed by atoms with Crippen LogP contribution in [0.3, 0.4) is 0 Å². The van der Waals surface area contributed by atoms with E-state index in [1.54, 1.807) is 13.0 Å². The summed E-state index contributed by atoms with van der Waals surface area (Å²) in [6.45, 7) is 3.50. The number of methoxy groups -OCH3 is 2. The van der Waals surface area contributed by atoms with Crippen molar-refractivity contribution in [2.75, 3.05) is 14.2 Å². The number of hydrogen-bond acceptors (Lipinski definition) is 4. The Hall–Kier alpha value is -1.55. The molecule has 0 aliphatic carbocycles. The highest BCUT2D eigenvalue weighted by atomic mass is 16.5. The Balaban J connectivity index is 3.40. The van der Waals surface area contributed by atoms with Gasteiger partial charge in [0.2, 0.25) is 0 Å². The van der Waals surface area contributed by atoms with Crippen LogP contribution >= 0.6 is 0 Å². The van der Waals surface area contributed by atoms with Gasteiger partial charge in [-0.1, -0.05) is 6.07 Å². The van der Waals surface area contributed by atoms with Gasteiger partial charge in [-0.2, -0.15) is 0 Å². The summed E-state index contributed by atoms with van der Waals surface area (Å²) in [5, 5.41) is 0. The quantitative estimate of drug-likeness (QED) is 0.786. The van der Waals surface area contributed by atoms with E-state index in [2.05, 4.69) is 0 Å². The van der Waals surface area contributed by atoms with Crippen LogP contribution in [0.25, 0.3) is 0 Å². The maximum Gasteiger partial charge on any atom is 0.183 e. The first-order chi connectivity index (χ1) is 7.52. The Kier molecular flexibility index (Phi) is 3.90. The molecular weight excluding hydrogens is 206 g/mol. The van der Waals surface area contributed by atoms with Gasteiger partial charge in [0.05, 0.1) is 25.8 Å².